The summed E-state index contributed by atoms with van der Waals surface area (Å²) in [6, 6.07) is 7.27. The van der Waals surface area contributed by atoms with Gasteiger partial charge in [-0.25, -0.2) is 10.4 Å². The molecule has 21 heavy (non-hydrogen) atoms. The van der Waals surface area contributed by atoms with Crippen molar-refractivity contribution in [2.24, 2.45) is 5.10 Å². The summed E-state index contributed by atoms with van der Waals surface area (Å²) in [7, 11) is 0. The van der Waals surface area contributed by atoms with Crippen LogP contribution in [-0.4, -0.2) is 17.1 Å². The van der Waals surface area contributed by atoms with Gasteiger partial charge in [-0.3, -0.25) is 4.79 Å². The minimum absolute atomic E-state index is 0.255. The van der Waals surface area contributed by atoms with Crippen molar-refractivity contribution in [1.29, 1.82) is 0 Å². The normalized spacial score (nSPS) is 11.3. The number of fused-ring (bicyclic) bond motifs is 1. The number of aromatic nitrogens is 1. The second-order valence-electron chi connectivity index (χ2n) is 4.40. The zero-order valence-corrected chi connectivity index (χ0v) is 12.8. The Labute approximate surface area is 129 Å². The Balaban J connectivity index is 1.74. The number of nitrogens with zero attached hydrogens (tertiary/aromatic N) is 2. The van der Waals surface area contributed by atoms with Crippen LogP contribution < -0.4 is 11.2 Å². The molecule has 0 aliphatic rings. The minimum atomic E-state index is -0.255. The van der Waals surface area contributed by atoms with Gasteiger partial charge in [0.2, 0.25) is 0 Å². The number of hydrogen-bond acceptors (Lipinski definition) is 6. The van der Waals surface area contributed by atoms with Crippen molar-refractivity contribution in [2.75, 3.05) is 5.73 Å². The third-order valence-corrected chi connectivity index (χ3v) is 4.72. The summed E-state index contributed by atoms with van der Waals surface area (Å²) in [5.41, 5.74) is 10.6. The number of benzene rings is 1. The number of anilines is 1. The van der Waals surface area contributed by atoms with Crippen LogP contribution in [0.1, 0.15) is 20.8 Å². The van der Waals surface area contributed by atoms with Gasteiger partial charge in [0.25, 0.3) is 5.91 Å². The van der Waals surface area contributed by atoms with Gasteiger partial charge in [-0.05, 0) is 42.1 Å². The van der Waals surface area contributed by atoms with Crippen LogP contribution in [0.3, 0.4) is 0 Å². The number of carbonyl (C=O) groups is 1. The summed E-state index contributed by atoms with van der Waals surface area (Å²) in [6.07, 6.45) is 1.65. The maximum absolute atomic E-state index is 12.0. The second-order valence-corrected chi connectivity index (χ2v) is 6.41. The number of nitrogens with two attached hydrogens (primary N) is 1. The van der Waals surface area contributed by atoms with Crippen LogP contribution in [0.25, 0.3) is 10.2 Å². The molecule has 0 saturated carbocycles. The van der Waals surface area contributed by atoms with Gasteiger partial charge in [0.1, 0.15) is 0 Å². The molecule has 0 atom stereocenters. The molecule has 0 aliphatic carbocycles. The first kappa shape index (κ1) is 13.7. The van der Waals surface area contributed by atoms with E-state index in [-0.39, 0.29) is 5.91 Å². The molecule has 0 radical (unpaired) electrons. The molecule has 0 saturated heterocycles. The first-order chi connectivity index (χ1) is 10.1. The molecule has 3 N–H and O–H groups in total. The first-order valence-electron chi connectivity index (χ1n) is 6.17. The van der Waals surface area contributed by atoms with E-state index in [2.05, 4.69) is 15.5 Å². The summed E-state index contributed by atoms with van der Waals surface area (Å²) < 4.78 is 0.887. The second kappa shape index (κ2) is 5.63. The van der Waals surface area contributed by atoms with Crippen LogP contribution >= 0.6 is 22.7 Å². The van der Waals surface area contributed by atoms with Gasteiger partial charge in [0, 0.05) is 10.4 Å². The molecule has 0 unspecified atom stereocenters. The van der Waals surface area contributed by atoms with Gasteiger partial charge in [0.15, 0.2) is 5.13 Å². The van der Waals surface area contributed by atoms with Gasteiger partial charge in [0.05, 0.1) is 16.4 Å². The number of thiazole rings is 1. The summed E-state index contributed by atoms with van der Waals surface area (Å²) in [4.78, 5) is 17.2. The van der Waals surface area contributed by atoms with Crippen molar-refractivity contribution < 1.29 is 4.79 Å². The molecule has 3 aromatic rings. The lowest BCUT2D eigenvalue weighted by Crippen LogP contribution is -2.17. The Bertz CT molecular complexity index is 834. The fraction of sp³-hybridized carbons (Fsp3) is 0.0714. The Morgan fingerprint density at radius 1 is 1.43 bits per heavy atom. The number of hydrogen-bond donors (Lipinski definition) is 2. The molecule has 0 aliphatic heterocycles. The van der Waals surface area contributed by atoms with Gasteiger partial charge < -0.3 is 5.73 Å². The maximum atomic E-state index is 12.0. The lowest BCUT2D eigenvalue weighted by Gasteiger charge is -1.99. The standard InChI is InChI=1S/C14H12N4OS2/c1-8-4-5-20-12(8)7-16-18-13(19)9-2-3-10-11(6-9)21-14(15)17-10/h2-7H,1H3,(H2,15,17)(H,18,19)/b16-7-. The molecule has 7 heteroatoms. The molecule has 0 fully saturated rings. The maximum Gasteiger partial charge on any atom is 0.271 e. The highest BCUT2D eigenvalue weighted by Crippen LogP contribution is 2.24. The van der Waals surface area contributed by atoms with E-state index in [1.807, 2.05) is 18.4 Å². The van der Waals surface area contributed by atoms with Gasteiger partial charge >= 0.3 is 0 Å². The summed E-state index contributed by atoms with van der Waals surface area (Å²) in [5.74, 6) is -0.255. The Kier molecular flexibility index (Phi) is 3.68. The predicted molar refractivity (Wildman–Crippen MR) is 88.1 cm³/mol. The zero-order chi connectivity index (χ0) is 14.8. The molecule has 3 rings (SSSR count). The van der Waals surface area contributed by atoms with Crippen molar-refractivity contribution >= 4 is 50.1 Å². The molecule has 1 aromatic carbocycles. The summed E-state index contributed by atoms with van der Waals surface area (Å²) >= 11 is 2.94. The molecular formula is C14H12N4OS2. The van der Waals surface area contributed by atoms with E-state index >= 15 is 0 Å². The molecule has 2 aromatic heterocycles. The average molecular weight is 316 g/mol. The monoisotopic (exact) mass is 316 g/mol. The smallest absolute Gasteiger partial charge is 0.271 e. The van der Waals surface area contributed by atoms with Crippen LogP contribution in [0.4, 0.5) is 5.13 Å². The third kappa shape index (κ3) is 2.93. The largest absolute Gasteiger partial charge is 0.375 e. The molecule has 5 nitrogen and oxygen atoms in total. The number of thiophene rings is 1. The van der Waals surface area contributed by atoms with Crippen LogP contribution in [0.15, 0.2) is 34.7 Å². The fourth-order valence-electron chi connectivity index (χ4n) is 1.81. The van der Waals surface area contributed by atoms with Crippen LogP contribution in [0, 0.1) is 6.92 Å². The van der Waals surface area contributed by atoms with Gasteiger partial charge in [-0.15, -0.1) is 11.3 Å². The molecular weight excluding hydrogens is 304 g/mol. The summed E-state index contributed by atoms with van der Waals surface area (Å²) in [6.45, 7) is 2.00. The number of carbonyl (C=O) groups excluding carboxylic acids is 1. The highest BCUT2D eigenvalue weighted by atomic mass is 32.1. The SMILES string of the molecule is Cc1ccsc1/C=N\NC(=O)c1ccc2nc(N)sc2c1. The van der Waals surface area contributed by atoms with E-state index in [0.29, 0.717) is 10.7 Å². The van der Waals surface area contributed by atoms with Gasteiger partial charge in [-0.1, -0.05) is 11.3 Å². The number of nitrogens with one attached hydrogen (secondary N) is 1. The van der Waals surface area contributed by atoms with Crippen LogP contribution in [0.5, 0.6) is 0 Å². The Morgan fingerprint density at radius 2 is 2.29 bits per heavy atom. The average Bonchev–Trinajstić information content (AvgIpc) is 3.02. The van der Waals surface area contributed by atoms with E-state index < -0.39 is 0 Å². The van der Waals surface area contributed by atoms with E-state index in [9.17, 15) is 4.79 Å². The Morgan fingerprint density at radius 3 is 3.05 bits per heavy atom. The molecule has 2 heterocycles. The molecule has 0 spiro atoms. The van der Waals surface area contributed by atoms with Gasteiger partial charge in [-0.2, -0.15) is 5.10 Å². The zero-order valence-electron chi connectivity index (χ0n) is 11.2. The third-order valence-electron chi connectivity index (χ3n) is 2.92. The predicted octanol–water partition coefficient (Wildman–Crippen LogP) is 3.01. The van der Waals surface area contributed by atoms with Crippen molar-refractivity contribution in [3.63, 3.8) is 0 Å². The van der Waals surface area contributed by atoms with E-state index in [1.54, 1.807) is 35.8 Å². The van der Waals surface area contributed by atoms with Crippen LogP contribution in [0.2, 0.25) is 0 Å². The number of hydrazone groups is 1. The van der Waals surface area contributed by atoms with E-state index in [1.165, 1.54) is 11.3 Å². The molecule has 106 valence electrons. The van der Waals surface area contributed by atoms with Crippen molar-refractivity contribution in [2.45, 2.75) is 6.92 Å². The van der Waals surface area contributed by atoms with E-state index in [0.717, 1.165) is 20.7 Å². The van der Waals surface area contributed by atoms with Crippen molar-refractivity contribution in [1.82, 2.24) is 10.4 Å². The highest BCUT2D eigenvalue weighted by molar-refractivity contribution is 7.22. The number of nitrogen functional groups attached to an aromatic ring is 1. The lowest BCUT2D eigenvalue weighted by molar-refractivity contribution is 0.0955. The van der Waals surface area contributed by atoms with Crippen molar-refractivity contribution in [3.8, 4) is 0 Å². The number of aryl methyl sites for hydroxylation is 1. The van der Waals surface area contributed by atoms with E-state index in [4.69, 9.17) is 5.73 Å². The fourth-order valence-corrected chi connectivity index (χ4v) is 3.37. The molecule has 0 bridgehead atoms. The Hall–Kier alpha value is -2.25. The first-order valence-corrected chi connectivity index (χ1v) is 7.86. The quantitative estimate of drug-likeness (QED) is 0.576. The molecule has 1 amide bonds. The number of rotatable bonds is 3. The number of amides is 1. The highest BCUT2D eigenvalue weighted by Gasteiger charge is 2.08. The van der Waals surface area contributed by atoms with Crippen molar-refractivity contribution in [3.05, 3.63) is 45.6 Å². The summed E-state index contributed by atoms with van der Waals surface area (Å²) in [5, 5.41) is 6.47. The minimum Gasteiger partial charge on any atom is -0.375 e. The topological polar surface area (TPSA) is 80.4 Å². The van der Waals surface area contributed by atoms with Crippen LogP contribution in [-0.2, 0) is 0 Å². The lowest BCUT2D eigenvalue weighted by atomic mass is 10.2.